The molecule has 1 fully saturated rings. The summed E-state index contributed by atoms with van der Waals surface area (Å²) >= 11 is 5.16. The number of pyridine rings is 2. The Labute approximate surface area is 135 Å². The number of esters is 1. The molecule has 3 rings (SSSR count). The standard InChI is InChI=1S/C15H15BrN2O2S/c1-20-13(19)7-15(3-4-15)9-21-12-2-5-17-11-6-10(16)8-18-14(11)12/h2,5-6,8H,3-4,7,9H2,1H3. The molecular formula is C15H15BrN2O2S. The summed E-state index contributed by atoms with van der Waals surface area (Å²) in [6.07, 6.45) is 6.29. The minimum Gasteiger partial charge on any atom is -0.469 e. The Morgan fingerprint density at radius 2 is 2.29 bits per heavy atom. The van der Waals surface area contributed by atoms with Crippen LogP contribution < -0.4 is 0 Å². The van der Waals surface area contributed by atoms with Gasteiger partial charge < -0.3 is 4.74 Å². The lowest BCUT2D eigenvalue weighted by molar-refractivity contribution is -0.141. The third-order valence-corrected chi connectivity index (χ3v) is 5.58. The highest BCUT2D eigenvalue weighted by Gasteiger charge is 2.44. The van der Waals surface area contributed by atoms with Gasteiger partial charge in [0.1, 0.15) is 5.52 Å². The van der Waals surface area contributed by atoms with Crippen LogP contribution in [0.5, 0.6) is 0 Å². The SMILES string of the molecule is COC(=O)CC1(CSc2ccnc3cc(Br)cnc23)CC1. The molecule has 21 heavy (non-hydrogen) atoms. The van der Waals surface area contributed by atoms with E-state index in [-0.39, 0.29) is 11.4 Å². The highest BCUT2D eigenvalue weighted by Crippen LogP contribution is 2.52. The number of aromatic nitrogens is 2. The van der Waals surface area contributed by atoms with E-state index < -0.39 is 0 Å². The van der Waals surface area contributed by atoms with Crippen LogP contribution in [0.1, 0.15) is 19.3 Å². The average molecular weight is 367 g/mol. The van der Waals surface area contributed by atoms with Crippen molar-refractivity contribution in [3.63, 3.8) is 0 Å². The van der Waals surface area contributed by atoms with Crippen LogP contribution in [0.3, 0.4) is 0 Å². The first kappa shape index (κ1) is 14.8. The molecule has 1 aliphatic carbocycles. The Hall–Kier alpha value is -1.14. The molecule has 0 aliphatic heterocycles. The van der Waals surface area contributed by atoms with Crippen molar-refractivity contribution in [2.45, 2.75) is 24.2 Å². The minimum atomic E-state index is -0.116. The number of carbonyl (C=O) groups is 1. The second-order valence-electron chi connectivity index (χ2n) is 5.37. The van der Waals surface area contributed by atoms with Gasteiger partial charge in [-0.3, -0.25) is 14.8 Å². The van der Waals surface area contributed by atoms with Crippen molar-refractivity contribution < 1.29 is 9.53 Å². The summed E-state index contributed by atoms with van der Waals surface area (Å²) in [5.41, 5.74) is 1.91. The number of halogens is 1. The topological polar surface area (TPSA) is 52.1 Å². The van der Waals surface area contributed by atoms with Gasteiger partial charge in [-0.1, -0.05) is 0 Å². The molecule has 1 aliphatic rings. The van der Waals surface area contributed by atoms with Crippen LogP contribution in [0.15, 0.2) is 33.9 Å². The van der Waals surface area contributed by atoms with Crippen LogP contribution in [0.4, 0.5) is 0 Å². The van der Waals surface area contributed by atoms with E-state index in [2.05, 4.69) is 25.9 Å². The summed E-state index contributed by atoms with van der Waals surface area (Å²) < 4.78 is 5.71. The van der Waals surface area contributed by atoms with Crippen molar-refractivity contribution in [3.8, 4) is 0 Å². The first-order valence-electron chi connectivity index (χ1n) is 6.72. The van der Waals surface area contributed by atoms with Crippen molar-refractivity contribution in [2.24, 2.45) is 5.41 Å². The second kappa shape index (κ2) is 5.93. The lowest BCUT2D eigenvalue weighted by atomic mass is 10.1. The van der Waals surface area contributed by atoms with Crippen LogP contribution in [-0.4, -0.2) is 28.8 Å². The highest BCUT2D eigenvalue weighted by atomic mass is 79.9. The quantitative estimate of drug-likeness (QED) is 0.594. The van der Waals surface area contributed by atoms with Crippen molar-refractivity contribution >= 4 is 44.7 Å². The number of carbonyl (C=O) groups excluding carboxylic acids is 1. The molecule has 0 spiro atoms. The molecule has 6 heteroatoms. The summed E-state index contributed by atoms with van der Waals surface area (Å²) in [6, 6.07) is 3.95. The van der Waals surface area contributed by atoms with E-state index in [1.165, 1.54) is 7.11 Å². The molecule has 0 amide bonds. The number of thioether (sulfide) groups is 1. The molecular weight excluding hydrogens is 352 g/mol. The van der Waals surface area contributed by atoms with Crippen LogP contribution in [0.25, 0.3) is 11.0 Å². The first-order valence-corrected chi connectivity index (χ1v) is 8.50. The van der Waals surface area contributed by atoms with Gasteiger partial charge in [-0.25, -0.2) is 0 Å². The second-order valence-corrected chi connectivity index (χ2v) is 7.30. The van der Waals surface area contributed by atoms with Gasteiger partial charge in [0.15, 0.2) is 0 Å². The monoisotopic (exact) mass is 366 g/mol. The van der Waals surface area contributed by atoms with Crippen LogP contribution >= 0.6 is 27.7 Å². The van der Waals surface area contributed by atoms with Gasteiger partial charge >= 0.3 is 5.97 Å². The molecule has 0 radical (unpaired) electrons. The molecule has 2 heterocycles. The molecule has 110 valence electrons. The Bertz CT molecular complexity index is 688. The molecule has 2 aromatic heterocycles. The van der Waals surface area contributed by atoms with E-state index in [9.17, 15) is 4.79 Å². The normalized spacial score (nSPS) is 15.9. The fourth-order valence-corrected chi connectivity index (χ4v) is 3.88. The van der Waals surface area contributed by atoms with E-state index >= 15 is 0 Å². The van der Waals surface area contributed by atoms with Gasteiger partial charge in [-0.15, -0.1) is 11.8 Å². The number of hydrogen-bond acceptors (Lipinski definition) is 5. The number of fused-ring (bicyclic) bond motifs is 1. The Kier molecular flexibility index (Phi) is 4.17. The van der Waals surface area contributed by atoms with E-state index in [0.29, 0.717) is 6.42 Å². The van der Waals surface area contributed by atoms with E-state index in [4.69, 9.17) is 4.74 Å². The van der Waals surface area contributed by atoms with Gasteiger partial charge in [-0.05, 0) is 46.3 Å². The summed E-state index contributed by atoms with van der Waals surface area (Å²) in [4.78, 5) is 21.4. The molecule has 0 unspecified atom stereocenters. The molecule has 0 bridgehead atoms. The Balaban J connectivity index is 1.75. The van der Waals surface area contributed by atoms with Crippen molar-refractivity contribution in [2.75, 3.05) is 12.9 Å². The van der Waals surface area contributed by atoms with E-state index in [0.717, 1.165) is 39.0 Å². The lowest BCUT2D eigenvalue weighted by Gasteiger charge is -2.13. The maximum absolute atomic E-state index is 11.5. The van der Waals surface area contributed by atoms with Crippen LogP contribution in [0, 0.1) is 5.41 Å². The Morgan fingerprint density at radius 3 is 3.00 bits per heavy atom. The third kappa shape index (κ3) is 3.37. The maximum atomic E-state index is 11.5. The molecule has 4 nitrogen and oxygen atoms in total. The third-order valence-electron chi connectivity index (χ3n) is 3.75. The van der Waals surface area contributed by atoms with Gasteiger partial charge in [0.05, 0.1) is 19.0 Å². The number of methoxy groups -OCH3 is 1. The first-order chi connectivity index (χ1) is 10.1. The molecule has 0 saturated heterocycles. The largest absolute Gasteiger partial charge is 0.469 e. The molecule has 0 N–H and O–H groups in total. The average Bonchev–Trinajstić information content (AvgIpc) is 3.24. The van der Waals surface area contributed by atoms with Crippen molar-refractivity contribution in [1.82, 2.24) is 9.97 Å². The van der Waals surface area contributed by atoms with Gasteiger partial charge in [0.25, 0.3) is 0 Å². The smallest absolute Gasteiger partial charge is 0.306 e. The number of ether oxygens (including phenoxy) is 1. The summed E-state index contributed by atoms with van der Waals surface area (Å²) in [5, 5.41) is 0. The molecule has 0 aromatic carbocycles. The van der Waals surface area contributed by atoms with Gasteiger partial charge in [0, 0.05) is 27.5 Å². The molecule has 1 saturated carbocycles. The molecule has 0 atom stereocenters. The fraction of sp³-hybridized carbons (Fsp3) is 0.400. The van der Waals surface area contributed by atoms with Gasteiger partial charge in [0.2, 0.25) is 0 Å². The summed E-state index contributed by atoms with van der Waals surface area (Å²) in [7, 11) is 1.45. The number of hydrogen-bond donors (Lipinski definition) is 0. The van der Waals surface area contributed by atoms with Gasteiger partial charge in [-0.2, -0.15) is 0 Å². The Morgan fingerprint density at radius 1 is 1.48 bits per heavy atom. The molecule has 2 aromatic rings. The van der Waals surface area contributed by atoms with Crippen LogP contribution in [0.2, 0.25) is 0 Å². The number of rotatable bonds is 5. The zero-order valence-corrected chi connectivity index (χ0v) is 14.0. The summed E-state index contributed by atoms with van der Waals surface area (Å²) in [6.45, 7) is 0. The highest BCUT2D eigenvalue weighted by molar-refractivity contribution is 9.10. The van der Waals surface area contributed by atoms with Crippen molar-refractivity contribution in [3.05, 3.63) is 29.0 Å². The predicted molar refractivity (Wildman–Crippen MR) is 86.3 cm³/mol. The minimum absolute atomic E-state index is 0.114. The van der Waals surface area contributed by atoms with Crippen molar-refractivity contribution in [1.29, 1.82) is 0 Å². The fourth-order valence-electron chi connectivity index (χ4n) is 2.26. The predicted octanol–water partition coefficient (Wildman–Crippen LogP) is 3.83. The maximum Gasteiger partial charge on any atom is 0.306 e. The summed E-state index contributed by atoms with van der Waals surface area (Å²) in [5.74, 6) is 0.800. The number of nitrogens with zero attached hydrogens (tertiary/aromatic N) is 2. The van der Waals surface area contributed by atoms with Crippen LogP contribution in [-0.2, 0) is 9.53 Å². The van der Waals surface area contributed by atoms with E-state index in [1.54, 1.807) is 24.2 Å². The lowest BCUT2D eigenvalue weighted by Crippen LogP contribution is -2.13. The zero-order valence-electron chi connectivity index (χ0n) is 11.6. The zero-order chi connectivity index (χ0) is 14.9. The van der Waals surface area contributed by atoms with E-state index in [1.807, 2.05) is 12.1 Å².